The number of anilines is 2. The lowest BCUT2D eigenvalue weighted by Crippen LogP contribution is -2.34. The predicted octanol–water partition coefficient (Wildman–Crippen LogP) is 5.93. The Morgan fingerprint density at radius 3 is 1.66 bits per heavy atom. The third-order valence-corrected chi connectivity index (χ3v) is 9.85. The number of rotatable bonds is 5. The zero-order valence-electron chi connectivity index (χ0n) is 18.2. The van der Waals surface area contributed by atoms with E-state index in [1.165, 1.54) is 70.8 Å². The van der Waals surface area contributed by atoms with E-state index < -0.39 is 25.0 Å². The molecule has 0 radical (unpaired) electrons. The van der Waals surface area contributed by atoms with Crippen LogP contribution in [0.1, 0.15) is 13.8 Å². The van der Waals surface area contributed by atoms with Gasteiger partial charge in [-0.1, -0.05) is 0 Å². The van der Waals surface area contributed by atoms with E-state index in [-0.39, 0.29) is 15.7 Å². The van der Waals surface area contributed by atoms with Crippen LogP contribution in [0.15, 0.2) is 77.1 Å². The standard InChI is InChI=1S/C10H9NO3S3.C6H7NOS.C4H3ClO2S2/c1-8(12)11(9-2-4-15-6-9)17(13,14)10-3-5-16-7-10;1-5(8)7-6-2-3-9-4-6;5-9(6,7)4-1-2-8-3-4/h2-7H,1H3;2-4H,1H3,(H,7,8);1-3H. The van der Waals surface area contributed by atoms with Gasteiger partial charge in [0.05, 0.1) is 21.2 Å². The third kappa shape index (κ3) is 9.14. The number of amides is 2. The molecule has 4 rings (SSSR count). The zero-order chi connectivity index (χ0) is 26.1. The van der Waals surface area contributed by atoms with Crippen molar-refractivity contribution in [1.82, 2.24) is 0 Å². The molecule has 4 aromatic rings. The van der Waals surface area contributed by atoms with Crippen molar-refractivity contribution < 1.29 is 26.4 Å². The monoisotopic (exact) mass is 610 g/mol. The first-order valence-corrected chi connectivity index (χ1v) is 16.8. The number of sulfonamides is 1. The number of carbonyl (C=O) groups excluding carboxylic acids is 2. The van der Waals surface area contributed by atoms with Gasteiger partial charge in [0.1, 0.15) is 0 Å². The smallest absolute Gasteiger partial charge is 0.271 e. The molecule has 1 N–H and O–H groups in total. The molecule has 35 heavy (non-hydrogen) atoms. The highest BCUT2D eigenvalue weighted by Gasteiger charge is 2.29. The van der Waals surface area contributed by atoms with E-state index in [1.807, 2.05) is 16.8 Å². The molecule has 0 aliphatic heterocycles. The Labute approximate surface area is 223 Å². The second kappa shape index (κ2) is 13.3. The van der Waals surface area contributed by atoms with E-state index in [2.05, 4.69) is 5.32 Å². The highest BCUT2D eigenvalue weighted by molar-refractivity contribution is 8.13. The van der Waals surface area contributed by atoms with Crippen molar-refractivity contribution >= 4 is 98.3 Å². The van der Waals surface area contributed by atoms with Gasteiger partial charge >= 0.3 is 0 Å². The topological polar surface area (TPSA) is 118 Å². The molecule has 0 aliphatic carbocycles. The lowest BCUT2D eigenvalue weighted by atomic mass is 10.5. The fraction of sp³-hybridized carbons (Fsp3) is 0.100. The van der Waals surface area contributed by atoms with Crippen molar-refractivity contribution in [2.75, 3.05) is 9.62 Å². The summed E-state index contributed by atoms with van der Waals surface area (Å²) in [6.45, 7) is 2.74. The maximum atomic E-state index is 12.2. The Kier molecular flexibility index (Phi) is 11.1. The largest absolute Gasteiger partial charge is 0.326 e. The number of nitrogens with one attached hydrogen (secondary N) is 1. The average molecular weight is 611 g/mol. The summed E-state index contributed by atoms with van der Waals surface area (Å²) in [6, 6.07) is 6.43. The Morgan fingerprint density at radius 1 is 0.771 bits per heavy atom. The molecule has 0 unspecified atom stereocenters. The number of carbonyl (C=O) groups is 2. The molecule has 2 amide bonds. The SMILES string of the molecule is CC(=O)N(c1ccsc1)S(=O)(=O)c1ccsc1.CC(=O)Nc1ccsc1.O=S(=O)(Cl)c1ccsc1. The minimum absolute atomic E-state index is 0.0200. The fourth-order valence-electron chi connectivity index (χ4n) is 2.30. The lowest BCUT2D eigenvalue weighted by Gasteiger charge is -2.18. The molecule has 8 nitrogen and oxygen atoms in total. The Bertz CT molecular complexity index is 1400. The molecule has 0 fully saturated rings. The van der Waals surface area contributed by atoms with Gasteiger partial charge in [0.25, 0.3) is 19.1 Å². The van der Waals surface area contributed by atoms with Crippen LogP contribution in [0, 0.1) is 0 Å². The summed E-state index contributed by atoms with van der Waals surface area (Å²) in [6.07, 6.45) is 0. The van der Waals surface area contributed by atoms with E-state index >= 15 is 0 Å². The Morgan fingerprint density at radius 2 is 1.29 bits per heavy atom. The van der Waals surface area contributed by atoms with Crippen LogP contribution in [-0.2, 0) is 28.7 Å². The van der Waals surface area contributed by atoms with Crippen LogP contribution in [0.2, 0.25) is 0 Å². The molecule has 4 aromatic heterocycles. The van der Waals surface area contributed by atoms with Crippen LogP contribution in [0.25, 0.3) is 0 Å². The summed E-state index contributed by atoms with van der Waals surface area (Å²) in [7, 11) is -2.28. The van der Waals surface area contributed by atoms with E-state index in [9.17, 15) is 26.4 Å². The van der Waals surface area contributed by atoms with Crippen molar-refractivity contribution in [3.05, 3.63) is 67.3 Å². The van der Waals surface area contributed by atoms with Gasteiger partial charge in [0, 0.05) is 46.1 Å². The van der Waals surface area contributed by atoms with Crippen LogP contribution >= 0.6 is 56.0 Å². The first-order valence-electron chi connectivity index (χ1n) is 9.30. The van der Waals surface area contributed by atoms with Crippen molar-refractivity contribution in [3.8, 4) is 0 Å². The normalized spacial score (nSPS) is 10.8. The van der Waals surface area contributed by atoms with Crippen LogP contribution in [0.5, 0.6) is 0 Å². The number of halogens is 1. The fourth-order valence-corrected chi connectivity index (χ4v) is 7.95. The first-order chi connectivity index (χ1) is 16.4. The number of hydrogen-bond donors (Lipinski definition) is 1. The van der Waals surface area contributed by atoms with E-state index in [0.717, 1.165) is 9.99 Å². The predicted molar refractivity (Wildman–Crippen MR) is 145 cm³/mol. The van der Waals surface area contributed by atoms with Gasteiger partial charge in [-0.3, -0.25) is 9.59 Å². The maximum absolute atomic E-state index is 12.2. The molecule has 4 heterocycles. The van der Waals surface area contributed by atoms with Gasteiger partial charge in [0.2, 0.25) is 11.8 Å². The molecular formula is C20H19ClN2O6S6. The first kappa shape index (κ1) is 29.2. The number of nitrogens with zero attached hydrogens (tertiary/aromatic N) is 1. The van der Waals surface area contributed by atoms with Crippen LogP contribution in [0.3, 0.4) is 0 Å². The molecule has 15 heteroatoms. The number of hydrogen-bond acceptors (Lipinski definition) is 10. The van der Waals surface area contributed by atoms with Crippen LogP contribution < -0.4 is 9.62 Å². The summed E-state index contributed by atoms with van der Waals surface area (Å²) in [4.78, 5) is 22.3. The highest BCUT2D eigenvalue weighted by Crippen LogP contribution is 2.27. The molecule has 0 spiro atoms. The van der Waals surface area contributed by atoms with Crippen molar-refractivity contribution in [3.63, 3.8) is 0 Å². The van der Waals surface area contributed by atoms with Gasteiger partial charge in [-0.2, -0.15) is 45.3 Å². The Balaban J connectivity index is 0.000000203. The third-order valence-electron chi connectivity index (χ3n) is 3.68. The van der Waals surface area contributed by atoms with Crippen LogP contribution in [-0.4, -0.2) is 28.6 Å². The molecule has 0 aromatic carbocycles. The van der Waals surface area contributed by atoms with Gasteiger partial charge in [0.15, 0.2) is 0 Å². The quantitative estimate of drug-likeness (QED) is 0.280. The van der Waals surface area contributed by atoms with Gasteiger partial charge < -0.3 is 5.32 Å². The highest BCUT2D eigenvalue weighted by atomic mass is 35.7. The van der Waals surface area contributed by atoms with E-state index in [1.54, 1.807) is 38.9 Å². The summed E-state index contributed by atoms with van der Waals surface area (Å²) >= 11 is 5.49. The molecule has 0 aliphatic rings. The Hall–Kier alpha value is -2.07. The van der Waals surface area contributed by atoms with E-state index in [0.29, 0.717) is 5.69 Å². The minimum Gasteiger partial charge on any atom is -0.326 e. The van der Waals surface area contributed by atoms with Gasteiger partial charge in [-0.25, -0.2) is 21.1 Å². The van der Waals surface area contributed by atoms with E-state index in [4.69, 9.17) is 10.7 Å². The average Bonchev–Trinajstić information content (AvgIpc) is 3.56. The molecule has 0 saturated carbocycles. The summed E-state index contributed by atoms with van der Waals surface area (Å²) in [5.41, 5.74) is 1.27. The minimum atomic E-state index is -3.78. The molecule has 0 bridgehead atoms. The number of thiophene rings is 4. The maximum Gasteiger partial charge on any atom is 0.271 e. The second-order valence-electron chi connectivity index (χ2n) is 6.32. The molecule has 0 atom stereocenters. The van der Waals surface area contributed by atoms with Crippen molar-refractivity contribution in [1.29, 1.82) is 0 Å². The molecule has 188 valence electrons. The van der Waals surface area contributed by atoms with Crippen molar-refractivity contribution in [2.24, 2.45) is 0 Å². The second-order valence-corrected chi connectivity index (χ2v) is 13.8. The lowest BCUT2D eigenvalue weighted by molar-refractivity contribution is -0.115. The van der Waals surface area contributed by atoms with Crippen LogP contribution in [0.4, 0.5) is 11.4 Å². The summed E-state index contributed by atoms with van der Waals surface area (Å²) in [5, 5.41) is 16.2. The molecular weight excluding hydrogens is 592 g/mol. The summed E-state index contributed by atoms with van der Waals surface area (Å²) < 4.78 is 46.3. The van der Waals surface area contributed by atoms with Crippen molar-refractivity contribution in [2.45, 2.75) is 23.6 Å². The molecule has 0 saturated heterocycles. The summed E-state index contributed by atoms with van der Waals surface area (Å²) in [5.74, 6) is -0.539. The van der Waals surface area contributed by atoms with Gasteiger partial charge in [-0.15, -0.1) is 0 Å². The zero-order valence-corrected chi connectivity index (χ0v) is 23.8. The van der Waals surface area contributed by atoms with Gasteiger partial charge in [-0.05, 0) is 45.8 Å².